The first-order valence-electron chi connectivity index (χ1n) is 10.1. The van der Waals surface area contributed by atoms with Gasteiger partial charge in [-0.15, -0.1) is 0 Å². The molecule has 0 unspecified atom stereocenters. The van der Waals surface area contributed by atoms with Crippen molar-refractivity contribution < 1.29 is 18.7 Å². The molecule has 1 aromatic heterocycles. The Hall–Kier alpha value is -4.39. The van der Waals surface area contributed by atoms with E-state index in [4.69, 9.17) is 9.15 Å². The van der Waals surface area contributed by atoms with Crippen molar-refractivity contribution in [1.29, 1.82) is 0 Å². The number of carbonyl (C=O) groups excluding carboxylic acids is 2. The lowest BCUT2D eigenvalue weighted by Crippen LogP contribution is -2.25. The van der Waals surface area contributed by atoms with E-state index in [2.05, 4.69) is 15.6 Å². The normalized spacial score (nSPS) is 12.5. The summed E-state index contributed by atoms with van der Waals surface area (Å²) >= 11 is 0. The van der Waals surface area contributed by atoms with Crippen LogP contribution in [0.15, 0.2) is 77.3 Å². The summed E-state index contributed by atoms with van der Waals surface area (Å²) in [5.41, 5.74) is 4.11. The van der Waals surface area contributed by atoms with Gasteiger partial charge in [0, 0.05) is 16.8 Å². The fraction of sp³-hybridized carbons (Fsp3) is 0.0800. The highest BCUT2D eigenvalue weighted by Gasteiger charge is 2.19. The maximum absolute atomic E-state index is 13.1. The van der Waals surface area contributed by atoms with Crippen LogP contribution in [-0.2, 0) is 4.79 Å². The Morgan fingerprint density at radius 1 is 1.06 bits per heavy atom. The molecule has 158 valence electrons. The SMILES string of the molecule is Cc1ccc(-c2cnc(-c3ccccc3C(=O)Nc3ccc4c(c3)NC(=O)CO4)o2)cc1. The minimum atomic E-state index is -0.321. The Morgan fingerprint density at radius 3 is 2.72 bits per heavy atom. The molecule has 0 saturated carbocycles. The van der Waals surface area contributed by atoms with Gasteiger partial charge in [0.05, 0.1) is 17.4 Å². The van der Waals surface area contributed by atoms with E-state index in [-0.39, 0.29) is 18.4 Å². The third-order valence-corrected chi connectivity index (χ3v) is 5.11. The molecule has 1 aliphatic rings. The molecule has 0 spiro atoms. The van der Waals surface area contributed by atoms with Crippen molar-refractivity contribution in [1.82, 2.24) is 4.98 Å². The topological polar surface area (TPSA) is 93.5 Å². The highest BCUT2D eigenvalue weighted by Crippen LogP contribution is 2.32. The summed E-state index contributed by atoms with van der Waals surface area (Å²) in [6.45, 7) is 2.00. The molecule has 2 N–H and O–H groups in total. The van der Waals surface area contributed by atoms with E-state index < -0.39 is 0 Å². The van der Waals surface area contributed by atoms with Crippen molar-refractivity contribution in [3.05, 3.63) is 84.1 Å². The average molecular weight is 425 g/mol. The van der Waals surface area contributed by atoms with Crippen LogP contribution in [0.25, 0.3) is 22.8 Å². The summed E-state index contributed by atoms with van der Waals surface area (Å²) < 4.78 is 11.3. The lowest BCUT2D eigenvalue weighted by atomic mass is 10.1. The molecule has 0 bridgehead atoms. The summed E-state index contributed by atoms with van der Waals surface area (Å²) in [5.74, 6) is 0.989. The van der Waals surface area contributed by atoms with Gasteiger partial charge in [-0.05, 0) is 37.3 Å². The maximum atomic E-state index is 13.1. The average Bonchev–Trinajstić information content (AvgIpc) is 3.29. The maximum Gasteiger partial charge on any atom is 0.262 e. The number of carbonyl (C=O) groups is 2. The quantitative estimate of drug-likeness (QED) is 0.485. The number of nitrogens with one attached hydrogen (secondary N) is 2. The van der Waals surface area contributed by atoms with Gasteiger partial charge in [0.25, 0.3) is 11.8 Å². The summed E-state index contributed by atoms with van der Waals surface area (Å²) in [6.07, 6.45) is 1.65. The molecule has 0 fully saturated rings. The second kappa shape index (κ2) is 8.03. The third-order valence-electron chi connectivity index (χ3n) is 5.11. The van der Waals surface area contributed by atoms with Crippen LogP contribution in [0.3, 0.4) is 0 Å². The van der Waals surface area contributed by atoms with Crippen LogP contribution < -0.4 is 15.4 Å². The molecular weight excluding hydrogens is 406 g/mol. The number of ether oxygens (including phenoxy) is 1. The standard InChI is InChI=1S/C25H19N3O4/c1-15-6-8-16(9-7-15)22-13-26-25(32-22)19-5-3-2-4-18(19)24(30)27-17-10-11-21-20(12-17)28-23(29)14-31-21/h2-13H,14H2,1H3,(H,27,30)(H,28,29). The predicted octanol–water partition coefficient (Wildman–Crippen LogP) is 4.90. The highest BCUT2D eigenvalue weighted by molar-refractivity contribution is 6.08. The zero-order valence-corrected chi connectivity index (χ0v) is 17.2. The van der Waals surface area contributed by atoms with Crippen LogP contribution in [0.5, 0.6) is 5.75 Å². The van der Waals surface area contributed by atoms with Crippen molar-refractivity contribution in [3.63, 3.8) is 0 Å². The van der Waals surface area contributed by atoms with Crippen LogP contribution in [0, 0.1) is 6.92 Å². The molecule has 2 heterocycles. The minimum Gasteiger partial charge on any atom is -0.482 e. The lowest BCUT2D eigenvalue weighted by molar-refractivity contribution is -0.118. The Kier molecular flexibility index (Phi) is 4.91. The van der Waals surface area contributed by atoms with E-state index >= 15 is 0 Å². The molecule has 3 aromatic carbocycles. The van der Waals surface area contributed by atoms with Crippen LogP contribution in [0.1, 0.15) is 15.9 Å². The number of amides is 2. The molecule has 4 aromatic rings. The number of hydrogen-bond donors (Lipinski definition) is 2. The summed E-state index contributed by atoms with van der Waals surface area (Å²) in [7, 11) is 0. The number of oxazole rings is 1. The molecule has 5 rings (SSSR count). The summed E-state index contributed by atoms with van der Waals surface area (Å²) in [4.78, 5) is 29.0. The number of rotatable bonds is 4. The first-order chi connectivity index (χ1) is 15.6. The molecule has 0 radical (unpaired) electrons. The van der Waals surface area contributed by atoms with Gasteiger partial charge in [-0.2, -0.15) is 0 Å². The number of benzene rings is 3. The van der Waals surface area contributed by atoms with E-state index in [0.717, 1.165) is 11.1 Å². The Labute approximate surface area is 184 Å². The van der Waals surface area contributed by atoms with Crippen LogP contribution in [0.2, 0.25) is 0 Å². The van der Waals surface area contributed by atoms with E-state index in [9.17, 15) is 9.59 Å². The molecule has 1 aliphatic heterocycles. The molecule has 0 saturated heterocycles. The van der Waals surface area contributed by atoms with Crippen LogP contribution in [-0.4, -0.2) is 23.4 Å². The zero-order valence-electron chi connectivity index (χ0n) is 17.2. The van der Waals surface area contributed by atoms with Gasteiger partial charge in [-0.25, -0.2) is 4.98 Å². The summed E-state index contributed by atoms with van der Waals surface area (Å²) in [6, 6.07) is 20.1. The van der Waals surface area contributed by atoms with Gasteiger partial charge in [-0.3, -0.25) is 9.59 Å². The minimum absolute atomic E-state index is 0.0210. The second-order valence-electron chi connectivity index (χ2n) is 7.44. The summed E-state index contributed by atoms with van der Waals surface area (Å²) in [5, 5.41) is 5.59. The predicted molar refractivity (Wildman–Crippen MR) is 121 cm³/mol. The van der Waals surface area contributed by atoms with Crippen molar-refractivity contribution in [2.45, 2.75) is 6.92 Å². The first-order valence-corrected chi connectivity index (χ1v) is 10.1. The Morgan fingerprint density at radius 2 is 1.88 bits per heavy atom. The number of aromatic nitrogens is 1. The molecule has 0 aliphatic carbocycles. The van der Waals surface area contributed by atoms with Gasteiger partial charge >= 0.3 is 0 Å². The first kappa shape index (κ1) is 19.6. The van der Waals surface area contributed by atoms with Crippen molar-refractivity contribution in [3.8, 4) is 28.5 Å². The molecule has 2 amide bonds. The zero-order chi connectivity index (χ0) is 22.1. The second-order valence-corrected chi connectivity index (χ2v) is 7.44. The molecular formula is C25H19N3O4. The van der Waals surface area contributed by atoms with Crippen LogP contribution >= 0.6 is 0 Å². The van der Waals surface area contributed by atoms with Gasteiger partial charge < -0.3 is 19.8 Å². The number of nitrogens with zero attached hydrogens (tertiary/aromatic N) is 1. The fourth-order valence-electron chi connectivity index (χ4n) is 3.48. The van der Waals surface area contributed by atoms with Gasteiger partial charge in [0.2, 0.25) is 5.89 Å². The lowest BCUT2D eigenvalue weighted by Gasteiger charge is -2.18. The molecule has 7 nitrogen and oxygen atoms in total. The van der Waals surface area contributed by atoms with E-state index in [1.54, 1.807) is 42.6 Å². The Balaban J connectivity index is 1.41. The van der Waals surface area contributed by atoms with E-state index in [1.165, 1.54) is 0 Å². The third kappa shape index (κ3) is 3.83. The van der Waals surface area contributed by atoms with Crippen molar-refractivity contribution in [2.75, 3.05) is 17.2 Å². The molecule has 7 heteroatoms. The largest absolute Gasteiger partial charge is 0.482 e. The number of fused-ring (bicyclic) bond motifs is 1. The van der Waals surface area contributed by atoms with Crippen molar-refractivity contribution >= 4 is 23.2 Å². The fourth-order valence-corrected chi connectivity index (χ4v) is 3.48. The number of aryl methyl sites for hydroxylation is 1. The Bertz CT molecular complexity index is 1330. The molecule has 0 atom stereocenters. The smallest absolute Gasteiger partial charge is 0.262 e. The van der Waals surface area contributed by atoms with Gasteiger partial charge in [0.15, 0.2) is 12.4 Å². The number of anilines is 2. The monoisotopic (exact) mass is 425 g/mol. The number of hydrogen-bond acceptors (Lipinski definition) is 5. The van der Waals surface area contributed by atoms with Gasteiger partial charge in [0.1, 0.15) is 5.75 Å². The van der Waals surface area contributed by atoms with Crippen LogP contribution in [0.4, 0.5) is 11.4 Å². The van der Waals surface area contributed by atoms with E-state index in [1.807, 2.05) is 37.3 Å². The molecule has 32 heavy (non-hydrogen) atoms. The van der Waals surface area contributed by atoms with E-state index in [0.29, 0.717) is 39.9 Å². The highest BCUT2D eigenvalue weighted by atomic mass is 16.5. The van der Waals surface area contributed by atoms with Crippen molar-refractivity contribution in [2.24, 2.45) is 0 Å². The van der Waals surface area contributed by atoms with Gasteiger partial charge in [-0.1, -0.05) is 42.0 Å².